The molecule has 0 fully saturated rings. The zero-order valence-corrected chi connectivity index (χ0v) is 22.0. The Morgan fingerprint density at radius 1 is 0.757 bits per heavy atom. The summed E-state index contributed by atoms with van der Waals surface area (Å²) in [5.41, 5.74) is 9.07. The first kappa shape index (κ1) is 23.3. The lowest BCUT2D eigenvalue weighted by molar-refractivity contribution is -0.254. The molecule has 3 heterocycles. The van der Waals surface area contributed by atoms with Crippen LogP contribution in [-0.4, -0.2) is 17.0 Å². The number of allylic oxidation sites excluding steroid dienone is 2. The minimum absolute atomic E-state index is 0.157. The van der Waals surface area contributed by atoms with Gasteiger partial charge in [0.1, 0.15) is 0 Å². The van der Waals surface area contributed by atoms with Crippen LogP contribution in [0.15, 0.2) is 65.1 Å². The predicted molar refractivity (Wildman–Crippen MR) is 151 cm³/mol. The smallest absolute Gasteiger partial charge is 0.363 e. The Bertz CT molecular complexity index is 1630. The van der Waals surface area contributed by atoms with Crippen molar-refractivity contribution in [1.82, 2.24) is 0 Å². The van der Waals surface area contributed by atoms with E-state index in [0.717, 1.165) is 50.0 Å². The summed E-state index contributed by atoms with van der Waals surface area (Å²) in [6.07, 6.45) is 4.43. The van der Waals surface area contributed by atoms with Gasteiger partial charge < -0.3 is 20.5 Å². The molecule has 2 aliphatic rings. The van der Waals surface area contributed by atoms with E-state index in [4.69, 9.17) is 4.42 Å². The predicted octanol–water partition coefficient (Wildman–Crippen LogP) is 7.11. The van der Waals surface area contributed by atoms with Crippen molar-refractivity contribution in [3.8, 4) is 11.1 Å². The average Bonchev–Trinajstić information content (AvgIpc) is 2.79. The van der Waals surface area contributed by atoms with Crippen LogP contribution in [0.4, 0.5) is 11.4 Å². The summed E-state index contributed by atoms with van der Waals surface area (Å²) in [4.78, 5) is 12.2. The van der Waals surface area contributed by atoms with Crippen molar-refractivity contribution >= 4 is 50.4 Å². The molecular weight excluding hydrogens is 460 g/mol. The van der Waals surface area contributed by atoms with E-state index < -0.39 is 5.97 Å². The van der Waals surface area contributed by atoms with Gasteiger partial charge in [-0.05, 0) is 70.4 Å². The number of rotatable bonds is 2. The molecule has 0 amide bonds. The van der Waals surface area contributed by atoms with Crippen LogP contribution < -0.4 is 15.7 Å². The molecule has 0 atom stereocenters. The highest BCUT2D eigenvalue weighted by Gasteiger charge is 2.31. The van der Waals surface area contributed by atoms with E-state index >= 15 is 0 Å². The lowest BCUT2D eigenvalue weighted by Gasteiger charge is -2.31. The highest BCUT2D eigenvalue weighted by molar-refractivity contribution is 6.14. The molecule has 2 N–H and O–H groups in total. The summed E-state index contributed by atoms with van der Waals surface area (Å²) in [5, 5.41) is 21.1. The third-order valence-corrected chi connectivity index (χ3v) is 7.33. The Labute approximate surface area is 216 Å². The zero-order chi connectivity index (χ0) is 26.3. The fourth-order valence-corrected chi connectivity index (χ4v) is 6.02. The largest absolute Gasteiger partial charge is 0.545 e. The Kier molecular flexibility index (Phi) is 4.84. The lowest BCUT2D eigenvalue weighted by Crippen LogP contribution is -2.31. The number of nitrogens with one attached hydrogen (secondary N) is 2. The van der Waals surface area contributed by atoms with Gasteiger partial charge in [0.2, 0.25) is 0 Å². The Morgan fingerprint density at radius 2 is 1.24 bits per heavy atom. The number of carbonyl (C=O) groups is 1. The van der Waals surface area contributed by atoms with E-state index in [1.807, 2.05) is 24.3 Å². The van der Waals surface area contributed by atoms with Gasteiger partial charge in [-0.25, -0.2) is 4.42 Å². The average molecular weight is 491 g/mol. The van der Waals surface area contributed by atoms with Crippen molar-refractivity contribution in [2.45, 2.75) is 52.6 Å². The quantitative estimate of drug-likeness (QED) is 0.231. The second-order valence-corrected chi connectivity index (χ2v) is 11.4. The van der Waals surface area contributed by atoms with Crippen LogP contribution in [0.2, 0.25) is 0 Å². The first-order valence-electron chi connectivity index (χ1n) is 12.6. The van der Waals surface area contributed by atoms with E-state index in [0.29, 0.717) is 16.7 Å². The van der Waals surface area contributed by atoms with E-state index in [-0.39, 0.29) is 16.6 Å². The minimum atomic E-state index is -1.20. The van der Waals surface area contributed by atoms with Crippen molar-refractivity contribution in [1.29, 1.82) is 0 Å². The zero-order valence-electron chi connectivity index (χ0n) is 22.0. The Hall–Kier alpha value is -4.12. The molecule has 5 heteroatoms. The van der Waals surface area contributed by atoms with Crippen molar-refractivity contribution < 1.29 is 14.3 Å². The number of carboxylic acids is 1. The number of anilines is 2. The third kappa shape index (κ3) is 3.77. The summed E-state index contributed by atoms with van der Waals surface area (Å²) in [6, 6.07) is 15.4. The lowest BCUT2D eigenvalue weighted by atomic mass is 9.86. The molecule has 0 radical (unpaired) electrons. The molecule has 37 heavy (non-hydrogen) atoms. The number of fused-ring (bicyclic) bond motifs is 4. The van der Waals surface area contributed by atoms with Crippen molar-refractivity contribution in [2.75, 3.05) is 10.6 Å². The molecule has 0 saturated heterocycles. The van der Waals surface area contributed by atoms with Crippen LogP contribution in [-0.2, 0) is 0 Å². The third-order valence-electron chi connectivity index (χ3n) is 7.33. The van der Waals surface area contributed by atoms with Crippen LogP contribution in [0.5, 0.6) is 0 Å². The van der Waals surface area contributed by atoms with Crippen LogP contribution in [0.3, 0.4) is 0 Å². The fraction of sp³-hybridized carbons (Fsp3) is 0.250. The van der Waals surface area contributed by atoms with Crippen molar-refractivity contribution in [3.63, 3.8) is 0 Å². The van der Waals surface area contributed by atoms with Crippen LogP contribution >= 0.6 is 0 Å². The normalized spacial score (nSPS) is 17.2. The van der Waals surface area contributed by atoms with E-state index in [9.17, 15) is 9.90 Å². The first-order valence-corrected chi connectivity index (χ1v) is 12.6. The monoisotopic (exact) mass is 490 g/mol. The van der Waals surface area contributed by atoms with E-state index in [1.165, 1.54) is 0 Å². The summed E-state index contributed by atoms with van der Waals surface area (Å²) in [5.74, 6) is -1.20. The standard InChI is InChI=1S/C32H30N2O3/c1-17-15-31(3,4)33-25-13-27-23(11-21(17)25)29(19-9-7-8-10-20(19)30(35)36)24-12-22-18(2)16-32(5,6)34-26(22)14-28(24)37-27/h7-16,33-34H,1-6H3. The van der Waals surface area contributed by atoms with Gasteiger partial charge in [0.25, 0.3) is 0 Å². The molecule has 0 unspecified atom stereocenters. The molecule has 1 aromatic heterocycles. The molecular formula is C32H30N2O3. The van der Waals surface area contributed by atoms with Gasteiger partial charge >= 0.3 is 11.2 Å². The summed E-state index contributed by atoms with van der Waals surface area (Å²) in [6.45, 7) is 12.8. The number of aromatic carboxylic acids is 1. The molecule has 0 bridgehead atoms. The highest BCUT2D eigenvalue weighted by Crippen LogP contribution is 2.45. The molecule has 6 rings (SSSR count). The fourth-order valence-electron chi connectivity index (χ4n) is 6.02. The SMILES string of the molecule is CC1=CC(C)(C)Nc2cc3[o+]c4cc5c(cc4c(-c4ccccc4C(=O)[O-])c3cc21)C(C)=CC(C)(C)N5. The Morgan fingerprint density at radius 3 is 1.73 bits per heavy atom. The van der Waals surface area contributed by atoms with Crippen LogP contribution in [0, 0.1) is 0 Å². The van der Waals surface area contributed by atoms with Crippen LogP contribution in [0.1, 0.15) is 63.0 Å². The van der Waals surface area contributed by atoms with Gasteiger partial charge in [-0.2, -0.15) is 0 Å². The minimum Gasteiger partial charge on any atom is -0.545 e. The maximum Gasteiger partial charge on any atom is 0.363 e. The number of hydrogen-bond donors (Lipinski definition) is 2. The number of carbonyl (C=O) groups excluding carboxylic acids is 1. The summed E-state index contributed by atoms with van der Waals surface area (Å²) >= 11 is 0. The van der Waals surface area contributed by atoms with Gasteiger partial charge in [-0.1, -0.05) is 36.4 Å². The van der Waals surface area contributed by atoms with Crippen molar-refractivity contribution in [2.24, 2.45) is 0 Å². The number of hydrogen-bond acceptors (Lipinski definition) is 4. The molecule has 0 aliphatic carbocycles. The molecule has 5 nitrogen and oxygen atoms in total. The second-order valence-electron chi connectivity index (χ2n) is 11.4. The van der Waals surface area contributed by atoms with Crippen molar-refractivity contribution in [3.05, 3.63) is 77.4 Å². The van der Waals surface area contributed by atoms with Gasteiger partial charge in [0, 0.05) is 22.3 Å². The van der Waals surface area contributed by atoms with Crippen LogP contribution in [0.25, 0.3) is 44.2 Å². The number of carboxylic acid groups (broad SMARTS) is 1. The van der Waals surface area contributed by atoms with E-state index in [1.54, 1.807) is 12.1 Å². The molecule has 0 spiro atoms. The van der Waals surface area contributed by atoms with Gasteiger partial charge in [0.05, 0.1) is 51.3 Å². The topological polar surface area (TPSA) is 75.5 Å². The summed E-state index contributed by atoms with van der Waals surface area (Å²) in [7, 11) is 0. The maximum absolute atomic E-state index is 12.2. The van der Waals surface area contributed by atoms with Gasteiger partial charge in [-0.3, -0.25) is 0 Å². The van der Waals surface area contributed by atoms with Gasteiger partial charge in [-0.15, -0.1) is 0 Å². The summed E-state index contributed by atoms with van der Waals surface area (Å²) < 4.78 is 6.57. The van der Waals surface area contributed by atoms with E-state index in [2.05, 4.69) is 76.5 Å². The van der Waals surface area contributed by atoms with Gasteiger partial charge in [0.15, 0.2) is 0 Å². The maximum atomic E-state index is 12.2. The first-order chi connectivity index (χ1) is 17.4. The molecule has 0 saturated carbocycles. The highest BCUT2D eigenvalue weighted by atomic mass is 16.4. The Balaban J connectivity index is 1.77. The number of benzene rings is 3. The second kappa shape index (κ2) is 7.69. The molecule has 186 valence electrons. The molecule has 4 aromatic rings. The molecule has 2 aliphatic heterocycles. The molecule has 3 aromatic carbocycles.